The summed E-state index contributed by atoms with van der Waals surface area (Å²) >= 11 is 0. The van der Waals surface area contributed by atoms with E-state index in [0.29, 0.717) is 6.42 Å². The first-order chi connectivity index (χ1) is 6.72. The van der Waals surface area contributed by atoms with Crippen molar-refractivity contribution >= 4 is 11.7 Å². The number of ketones is 1. The molecule has 4 heteroatoms. The molecular weight excluding hydrogens is 182 g/mol. The maximum atomic E-state index is 11.0. The molecular formula is C10H19NO3. The average Bonchev–Trinajstić information content (AvgIpc) is 2.21. The van der Waals surface area contributed by atoms with Crippen LogP contribution >= 0.6 is 0 Å². The van der Waals surface area contributed by atoms with Gasteiger partial charge >= 0.3 is 0 Å². The van der Waals surface area contributed by atoms with E-state index in [4.69, 9.17) is 4.74 Å². The molecule has 0 saturated heterocycles. The lowest BCUT2D eigenvalue weighted by molar-refractivity contribution is -0.137. The molecule has 0 heterocycles. The molecule has 0 saturated carbocycles. The third-order valence-electron chi connectivity index (χ3n) is 1.88. The quantitative estimate of drug-likeness (QED) is 0.469. The number of rotatable bonds is 8. The first kappa shape index (κ1) is 13.1. The van der Waals surface area contributed by atoms with Crippen molar-refractivity contribution in [1.82, 2.24) is 5.32 Å². The Bertz CT molecular complexity index is 180. The minimum Gasteiger partial charge on any atom is -0.382 e. The molecule has 4 nitrogen and oxygen atoms in total. The van der Waals surface area contributed by atoms with Gasteiger partial charge in [0.2, 0.25) is 5.78 Å². The summed E-state index contributed by atoms with van der Waals surface area (Å²) in [6.45, 7) is 3.43. The lowest BCUT2D eigenvalue weighted by atomic mass is 10.1. The Balaban J connectivity index is 3.27. The topological polar surface area (TPSA) is 55.4 Å². The number of hydrogen-bond acceptors (Lipinski definition) is 3. The lowest BCUT2D eigenvalue weighted by Gasteiger charge is -2.01. The van der Waals surface area contributed by atoms with Gasteiger partial charge in [0.15, 0.2) is 0 Å². The van der Waals surface area contributed by atoms with Crippen molar-refractivity contribution in [2.75, 3.05) is 20.3 Å². The van der Waals surface area contributed by atoms with Gasteiger partial charge in [-0.25, -0.2) is 0 Å². The van der Waals surface area contributed by atoms with E-state index in [-0.39, 0.29) is 5.78 Å². The third-order valence-corrected chi connectivity index (χ3v) is 1.88. The molecule has 0 rings (SSSR count). The Hall–Kier alpha value is -0.900. The Morgan fingerprint density at radius 2 is 1.93 bits per heavy atom. The van der Waals surface area contributed by atoms with Gasteiger partial charge in [-0.15, -0.1) is 0 Å². The van der Waals surface area contributed by atoms with Crippen LogP contribution in [0.4, 0.5) is 0 Å². The first-order valence-electron chi connectivity index (χ1n) is 5.05. The van der Waals surface area contributed by atoms with Gasteiger partial charge in [-0.1, -0.05) is 6.42 Å². The SMILES string of the molecule is CCOCCCCCC(=O)C(=O)NC. The molecule has 0 spiro atoms. The zero-order chi connectivity index (χ0) is 10.8. The predicted molar refractivity (Wildman–Crippen MR) is 54.0 cm³/mol. The van der Waals surface area contributed by atoms with Crippen LogP contribution in [-0.4, -0.2) is 32.0 Å². The highest BCUT2D eigenvalue weighted by Crippen LogP contribution is 2.00. The van der Waals surface area contributed by atoms with Crippen molar-refractivity contribution in [3.63, 3.8) is 0 Å². The molecule has 0 aromatic heterocycles. The molecule has 82 valence electrons. The van der Waals surface area contributed by atoms with E-state index >= 15 is 0 Å². The highest BCUT2D eigenvalue weighted by molar-refractivity contribution is 6.36. The smallest absolute Gasteiger partial charge is 0.287 e. The maximum absolute atomic E-state index is 11.0. The molecule has 0 unspecified atom stereocenters. The predicted octanol–water partition coefficient (Wildman–Crippen LogP) is 0.898. The summed E-state index contributed by atoms with van der Waals surface area (Å²) in [5, 5.41) is 2.31. The second-order valence-electron chi connectivity index (χ2n) is 3.01. The number of amides is 1. The number of carbonyl (C=O) groups excluding carboxylic acids is 2. The van der Waals surface area contributed by atoms with Gasteiger partial charge in [0.25, 0.3) is 5.91 Å². The van der Waals surface area contributed by atoms with E-state index in [2.05, 4.69) is 5.32 Å². The van der Waals surface area contributed by atoms with Crippen LogP contribution in [0, 0.1) is 0 Å². The zero-order valence-corrected chi connectivity index (χ0v) is 8.97. The Morgan fingerprint density at radius 3 is 2.50 bits per heavy atom. The van der Waals surface area contributed by atoms with Crippen LogP contribution in [0.15, 0.2) is 0 Å². The monoisotopic (exact) mass is 201 g/mol. The molecule has 1 amide bonds. The van der Waals surface area contributed by atoms with Gasteiger partial charge in [-0.2, -0.15) is 0 Å². The average molecular weight is 201 g/mol. The van der Waals surface area contributed by atoms with Crippen molar-refractivity contribution in [3.05, 3.63) is 0 Å². The summed E-state index contributed by atoms with van der Waals surface area (Å²) in [5.41, 5.74) is 0. The summed E-state index contributed by atoms with van der Waals surface area (Å²) in [6.07, 6.45) is 2.99. The Morgan fingerprint density at radius 1 is 1.21 bits per heavy atom. The summed E-state index contributed by atoms with van der Waals surface area (Å²) in [5.74, 6) is -0.821. The van der Waals surface area contributed by atoms with E-state index in [1.807, 2.05) is 6.92 Å². The van der Waals surface area contributed by atoms with Gasteiger partial charge in [0, 0.05) is 26.7 Å². The van der Waals surface area contributed by atoms with Gasteiger partial charge < -0.3 is 10.1 Å². The minimum atomic E-state index is -0.491. The van der Waals surface area contributed by atoms with Crippen molar-refractivity contribution in [2.45, 2.75) is 32.6 Å². The molecule has 0 bridgehead atoms. The number of Topliss-reactive ketones (excluding diaryl/α,β-unsaturated/α-hetero) is 1. The third kappa shape index (κ3) is 6.60. The maximum Gasteiger partial charge on any atom is 0.287 e. The van der Waals surface area contributed by atoms with Crippen LogP contribution in [0.5, 0.6) is 0 Å². The van der Waals surface area contributed by atoms with E-state index < -0.39 is 5.91 Å². The molecule has 0 fully saturated rings. The van der Waals surface area contributed by atoms with E-state index in [0.717, 1.165) is 32.5 Å². The molecule has 1 N–H and O–H groups in total. The van der Waals surface area contributed by atoms with Crippen LogP contribution < -0.4 is 5.32 Å². The second kappa shape index (κ2) is 8.69. The van der Waals surface area contributed by atoms with Crippen molar-refractivity contribution in [1.29, 1.82) is 0 Å². The van der Waals surface area contributed by atoms with Crippen LogP contribution in [-0.2, 0) is 14.3 Å². The van der Waals surface area contributed by atoms with Crippen LogP contribution in [0.3, 0.4) is 0 Å². The number of nitrogens with one attached hydrogen (secondary N) is 1. The molecule has 0 aromatic rings. The Kier molecular flexibility index (Phi) is 8.13. The van der Waals surface area contributed by atoms with E-state index in [9.17, 15) is 9.59 Å². The summed E-state index contributed by atoms with van der Waals surface area (Å²) in [7, 11) is 1.47. The lowest BCUT2D eigenvalue weighted by Crippen LogP contribution is -2.27. The van der Waals surface area contributed by atoms with E-state index in [1.165, 1.54) is 7.05 Å². The molecule has 0 aliphatic rings. The zero-order valence-electron chi connectivity index (χ0n) is 8.97. The number of unbranched alkanes of at least 4 members (excludes halogenated alkanes) is 2. The van der Waals surface area contributed by atoms with Gasteiger partial charge in [-0.3, -0.25) is 9.59 Å². The van der Waals surface area contributed by atoms with Gasteiger partial charge in [0.05, 0.1) is 0 Å². The fourth-order valence-electron chi connectivity index (χ4n) is 1.06. The van der Waals surface area contributed by atoms with Crippen molar-refractivity contribution < 1.29 is 14.3 Å². The molecule has 14 heavy (non-hydrogen) atoms. The highest BCUT2D eigenvalue weighted by atomic mass is 16.5. The van der Waals surface area contributed by atoms with Crippen molar-refractivity contribution in [2.24, 2.45) is 0 Å². The standard InChI is InChI=1S/C10H19NO3/c1-3-14-8-6-4-5-7-9(12)10(13)11-2/h3-8H2,1-2H3,(H,11,13). The summed E-state index contributed by atoms with van der Waals surface area (Å²) in [6, 6.07) is 0. The fourth-order valence-corrected chi connectivity index (χ4v) is 1.06. The molecule has 0 aromatic carbocycles. The number of carbonyl (C=O) groups is 2. The summed E-state index contributed by atoms with van der Waals surface area (Å²) < 4.78 is 5.14. The second-order valence-corrected chi connectivity index (χ2v) is 3.01. The Labute approximate surface area is 85.0 Å². The summed E-state index contributed by atoms with van der Waals surface area (Å²) in [4.78, 5) is 21.8. The van der Waals surface area contributed by atoms with Gasteiger partial charge in [0.1, 0.15) is 0 Å². The van der Waals surface area contributed by atoms with Crippen molar-refractivity contribution in [3.8, 4) is 0 Å². The van der Waals surface area contributed by atoms with E-state index in [1.54, 1.807) is 0 Å². The molecule has 0 atom stereocenters. The minimum absolute atomic E-state index is 0.330. The van der Waals surface area contributed by atoms with Crippen LogP contribution in [0.1, 0.15) is 32.6 Å². The number of hydrogen-bond donors (Lipinski definition) is 1. The number of ether oxygens (including phenoxy) is 1. The molecule has 0 radical (unpaired) electrons. The largest absolute Gasteiger partial charge is 0.382 e. The molecule has 0 aliphatic carbocycles. The fraction of sp³-hybridized carbons (Fsp3) is 0.800. The van der Waals surface area contributed by atoms with Gasteiger partial charge in [-0.05, 0) is 19.8 Å². The number of likely N-dealkylation sites (N-methyl/N-ethyl adjacent to an activating group) is 1. The van der Waals surface area contributed by atoms with Crippen LogP contribution in [0.25, 0.3) is 0 Å². The highest BCUT2D eigenvalue weighted by Gasteiger charge is 2.09. The van der Waals surface area contributed by atoms with Crippen LogP contribution in [0.2, 0.25) is 0 Å². The molecule has 0 aliphatic heterocycles. The first-order valence-corrected chi connectivity index (χ1v) is 5.05. The normalized spacial score (nSPS) is 9.86.